The Balaban J connectivity index is 0.490. The predicted molar refractivity (Wildman–Crippen MR) is 297 cm³/mol. The molecule has 380 valence electrons. The zero-order chi connectivity index (χ0) is 49.5. The van der Waals surface area contributed by atoms with Gasteiger partial charge in [0.05, 0.1) is 22.5 Å². The van der Waals surface area contributed by atoms with Crippen molar-refractivity contribution in [3.8, 4) is 11.5 Å². The first-order valence-electron chi connectivity index (χ1n) is 27.3. The Labute approximate surface area is 441 Å². The van der Waals surface area contributed by atoms with Gasteiger partial charge >= 0.3 is 0 Å². The first-order valence-corrected chi connectivity index (χ1v) is 29.0. The van der Waals surface area contributed by atoms with Crippen molar-refractivity contribution in [2.75, 3.05) is 75.2 Å². The van der Waals surface area contributed by atoms with Crippen LogP contribution in [0, 0.1) is 0 Å². The van der Waals surface area contributed by atoms with Gasteiger partial charge in [0, 0.05) is 138 Å². The van der Waals surface area contributed by atoms with E-state index in [9.17, 15) is 9.59 Å². The fraction of sp³-hybridized carbons (Fsp3) is 0.400. The third kappa shape index (κ3) is 9.11. The number of anilines is 2. The van der Waals surface area contributed by atoms with Crippen LogP contribution in [0.5, 0.6) is 11.5 Å². The standard InChI is InChI=1S/C60H64N8O4S2/c69-53(21-3-1-9-29-65-31-23-41-55-45(65)15-11-17-47(55)71-49-25-33-67-43-13-5-7-19-51(43)73-59(67)57(41)49)61-27-35-63-37-39-64(40-38-63)36-28-62-54(70)22-4-2-10-30-66-32-24-42-56-46(66)16-12-18-48(56)72-50-26-34-68-44-14-6-8-20-52(44)74-60(68)58(42)50/h5-8,11-20,23-24,31-32,49-50H,1-4,9-10,21-22,25-30,33-40H2/p+2. The average molecular weight is 1030 g/mol. The Bertz CT molecular complexity index is 3060. The Morgan fingerprint density at radius 2 is 1.00 bits per heavy atom. The van der Waals surface area contributed by atoms with E-state index in [-0.39, 0.29) is 24.0 Å². The van der Waals surface area contributed by atoms with E-state index < -0.39 is 0 Å². The van der Waals surface area contributed by atoms with Crippen molar-refractivity contribution in [3.63, 3.8) is 0 Å². The molecule has 2 unspecified atom stereocenters. The number of thiazole rings is 2. The molecule has 0 radical (unpaired) electrons. The van der Waals surface area contributed by atoms with E-state index in [1.54, 1.807) is 0 Å². The van der Waals surface area contributed by atoms with Gasteiger partial charge in [-0.15, -0.1) is 0 Å². The number of aryl methyl sites for hydroxylation is 2. The summed E-state index contributed by atoms with van der Waals surface area (Å²) in [7, 11) is 0. The van der Waals surface area contributed by atoms with E-state index in [1.807, 2.05) is 22.7 Å². The summed E-state index contributed by atoms with van der Waals surface area (Å²) >= 11 is 3.76. The minimum absolute atomic E-state index is 0.0766. The molecule has 0 aliphatic carbocycles. The second-order valence-electron chi connectivity index (χ2n) is 20.8. The number of benzene rings is 4. The number of carbonyl (C=O) groups is 2. The SMILES string of the molecule is O=C(CCCCCN1C=CC2=C3c4sc5ccccc5[n+]4CCC3Oc3cccc1c32)NCCN1CCN(CCNC(=O)CCCCCN2C=CC3=C4c5sc6ccccc6[n+]5CCC4Oc4cccc2c43)CC1. The highest BCUT2D eigenvalue weighted by Gasteiger charge is 2.44. The number of hydrogen-bond acceptors (Lipinski definition) is 10. The van der Waals surface area contributed by atoms with Gasteiger partial charge in [0.15, 0.2) is 13.1 Å². The smallest absolute Gasteiger partial charge is 0.270 e. The summed E-state index contributed by atoms with van der Waals surface area (Å²) in [5.74, 6) is 2.27. The van der Waals surface area contributed by atoms with Crippen molar-refractivity contribution in [2.45, 2.75) is 89.5 Å². The molecule has 9 heterocycles. The van der Waals surface area contributed by atoms with Crippen LogP contribution in [0.2, 0.25) is 0 Å². The van der Waals surface area contributed by atoms with Crippen LogP contribution >= 0.6 is 22.7 Å². The highest BCUT2D eigenvalue weighted by molar-refractivity contribution is 7.19. The number of para-hydroxylation sites is 2. The van der Waals surface area contributed by atoms with Crippen molar-refractivity contribution in [1.82, 2.24) is 20.4 Å². The molecule has 13 rings (SSSR count). The van der Waals surface area contributed by atoms with E-state index >= 15 is 0 Å². The molecular formula is C60H66N8O4S2+2. The highest BCUT2D eigenvalue weighted by atomic mass is 32.1. The number of aromatic nitrogens is 2. The van der Waals surface area contributed by atoms with Crippen LogP contribution in [-0.4, -0.2) is 99.3 Å². The molecule has 2 N–H and O–H groups in total. The zero-order valence-electron chi connectivity index (χ0n) is 42.2. The first-order chi connectivity index (χ1) is 36.5. The van der Waals surface area contributed by atoms with E-state index in [1.165, 1.54) is 75.2 Å². The predicted octanol–water partition coefficient (Wildman–Crippen LogP) is 9.18. The maximum atomic E-state index is 12.8. The van der Waals surface area contributed by atoms with Crippen molar-refractivity contribution < 1.29 is 28.2 Å². The van der Waals surface area contributed by atoms with Crippen LogP contribution in [-0.2, 0) is 22.7 Å². The molecule has 12 nitrogen and oxygen atoms in total. The summed E-state index contributed by atoms with van der Waals surface area (Å²) in [4.78, 5) is 35.2. The normalized spacial score (nSPS) is 19.4. The summed E-state index contributed by atoms with van der Waals surface area (Å²) in [6.07, 6.45) is 18.2. The van der Waals surface area contributed by atoms with E-state index in [2.05, 4.69) is 149 Å². The van der Waals surface area contributed by atoms with Crippen LogP contribution in [0.1, 0.15) is 85.4 Å². The minimum atomic E-state index is 0.0766. The van der Waals surface area contributed by atoms with Gasteiger partial charge in [0.1, 0.15) is 33.1 Å². The van der Waals surface area contributed by atoms with Crippen molar-refractivity contribution in [1.29, 1.82) is 0 Å². The molecule has 2 atom stereocenters. The van der Waals surface area contributed by atoms with Crippen LogP contribution in [0.15, 0.2) is 109 Å². The molecule has 1 saturated heterocycles. The molecule has 0 spiro atoms. The first kappa shape index (κ1) is 47.4. The van der Waals surface area contributed by atoms with Gasteiger partial charge in [-0.3, -0.25) is 19.4 Å². The lowest BCUT2D eigenvalue weighted by Gasteiger charge is -2.36. The number of nitrogens with zero attached hydrogens (tertiary/aromatic N) is 6. The quantitative estimate of drug-likeness (QED) is 0.0651. The second-order valence-corrected chi connectivity index (χ2v) is 22.9. The Hall–Kier alpha value is -6.32. The van der Waals surface area contributed by atoms with Crippen LogP contribution < -0.4 is 39.0 Å². The number of allylic oxidation sites excluding steroid dienone is 4. The maximum Gasteiger partial charge on any atom is 0.270 e. The molecule has 0 saturated carbocycles. The lowest BCUT2D eigenvalue weighted by atomic mass is 9.87. The lowest BCUT2D eigenvalue weighted by molar-refractivity contribution is -0.674. The molecule has 2 aromatic heterocycles. The number of piperazine rings is 1. The monoisotopic (exact) mass is 1030 g/mol. The molecular weight excluding hydrogens is 961 g/mol. The van der Waals surface area contributed by atoms with Gasteiger partial charge in [0.2, 0.25) is 22.8 Å². The van der Waals surface area contributed by atoms with Crippen molar-refractivity contribution in [3.05, 3.63) is 131 Å². The molecule has 4 aromatic carbocycles. The summed E-state index contributed by atoms with van der Waals surface area (Å²) in [5, 5.41) is 8.99. The number of hydrogen-bond donors (Lipinski definition) is 2. The summed E-state index contributed by atoms with van der Waals surface area (Å²) in [6, 6.07) is 30.4. The Kier molecular flexibility index (Phi) is 13.3. The third-order valence-corrected chi connectivity index (χ3v) is 18.6. The zero-order valence-corrected chi connectivity index (χ0v) is 43.9. The van der Waals surface area contributed by atoms with E-state index in [0.717, 1.165) is 128 Å². The van der Waals surface area contributed by atoms with Gasteiger partial charge in [-0.1, -0.05) is 71.9 Å². The molecule has 14 heteroatoms. The number of fused-ring (bicyclic) bond motifs is 10. The molecule has 7 aliphatic rings. The number of rotatable bonds is 18. The van der Waals surface area contributed by atoms with Crippen molar-refractivity contribution >= 4 is 88.6 Å². The number of unbranched alkanes of at least 4 members (excludes halogenated alkanes) is 4. The minimum Gasteiger partial charge on any atom is -0.484 e. The topological polar surface area (TPSA) is 97.4 Å². The molecule has 6 aromatic rings. The average Bonchev–Trinajstić information content (AvgIpc) is 4.01. The van der Waals surface area contributed by atoms with E-state index in [0.29, 0.717) is 25.9 Å². The lowest BCUT2D eigenvalue weighted by Crippen LogP contribution is -2.50. The van der Waals surface area contributed by atoms with Gasteiger partial charge in [-0.2, -0.15) is 9.13 Å². The highest BCUT2D eigenvalue weighted by Crippen LogP contribution is 2.52. The van der Waals surface area contributed by atoms with Crippen molar-refractivity contribution in [2.24, 2.45) is 0 Å². The molecule has 7 aliphatic heterocycles. The van der Waals surface area contributed by atoms with Gasteiger partial charge in [0.25, 0.3) is 10.0 Å². The number of carbonyl (C=O) groups excluding carboxylic acids is 2. The summed E-state index contributed by atoms with van der Waals surface area (Å²) < 4.78 is 21.0. The molecule has 74 heavy (non-hydrogen) atoms. The van der Waals surface area contributed by atoms with Gasteiger partial charge in [-0.05, 0) is 74.2 Å². The second kappa shape index (κ2) is 20.8. The van der Waals surface area contributed by atoms with Gasteiger partial charge in [-0.25, -0.2) is 0 Å². The summed E-state index contributed by atoms with van der Waals surface area (Å²) in [5.41, 5.74) is 12.7. The van der Waals surface area contributed by atoms with Gasteiger partial charge < -0.3 is 29.9 Å². The fourth-order valence-electron chi connectivity index (χ4n) is 12.5. The van der Waals surface area contributed by atoms with Crippen LogP contribution in [0.25, 0.3) is 42.7 Å². The Morgan fingerprint density at radius 1 is 0.541 bits per heavy atom. The third-order valence-electron chi connectivity index (χ3n) is 16.2. The molecule has 1 fully saturated rings. The number of nitrogens with one attached hydrogen (secondary N) is 2. The fourth-order valence-corrected chi connectivity index (χ4v) is 15.0. The van der Waals surface area contributed by atoms with Crippen LogP contribution in [0.3, 0.4) is 0 Å². The number of ether oxygens (including phenoxy) is 2. The summed E-state index contributed by atoms with van der Waals surface area (Å²) in [6.45, 7) is 10.8. The molecule has 0 bridgehead atoms. The van der Waals surface area contributed by atoms with Crippen LogP contribution in [0.4, 0.5) is 11.4 Å². The number of amides is 2. The largest absolute Gasteiger partial charge is 0.484 e. The van der Waals surface area contributed by atoms with E-state index in [4.69, 9.17) is 9.47 Å². The Morgan fingerprint density at radius 3 is 1.47 bits per heavy atom. The maximum absolute atomic E-state index is 12.8. The molecule has 2 amide bonds.